The van der Waals surface area contributed by atoms with Crippen molar-refractivity contribution < 1.29 is 14.6 Å². The van der Waals surface area contributed by atoms with E-state index in [0.29, 0.717) is 25.0 Å². The zero-order valence-electron chi connectivity index (χ0n) is 11.0. The molecule has 100 valence electrons. The van der Waals surface area contributed by atoms with Crippen LogP contribution in [-0.2, 0) is 4.74 Å². The second-order valence-electron chi connectivity index (χ2n) is 4.41. The minimum Gasteiger partial charge on any atom is -0.478 e. The van der Waals surface area contributed by atoms with Crippen LogP contribution in [0.4, 0.5) is 5.95 Å². The van der Waals surface area contributed by atoms with E-state index in [1.165, 1.54) is 12.4 Å². The molecule has 0 aromatic carbocycles. The Morgan fingerprint density at radius 3 is 2.50 bits per heavy atom. The van der Waals surface area contributed by atoms with Crippen molar-refractivity contribution >= 4 is 11.9 Å². The molecule has 0 aliphatic carbocycles. The third-order valence-electron chi connectivity index (χ3n) is 2.32. The van der Waals surface area contributed by atoms with Gasteiger partial charge in [-0.15, -0.1) is 0 Å². The molecule has 0 saturated carbocycles. The number of nitrogens with zero attached hydrogens (tertiary/aromatic N) is 3. The van der Waals surface area contributed by atoms with Gasteiger partial charge in [-0.3, -0.25) is 0 Å². The standard InChI is InChI=1S/C12H19N3O3/c1-9(2)8-15(4-5-18-3)12-13-6-10(7-14-12)11(16)17/h6-7,9H,4-5,8H2,1-3H3,(H,16,17). The van der Waals surface area contributed by atoms with Gasteiger partial charge in [0.05, 0.1) is 12.2 Å². The van der Waals surface area contributed by atoms with Gasteiger partial charge in [0.15, 0.2) is 0 Å². The van der Waals surface area contributed by atoms with Crippen molar-refractivity contribution in [3.05, 3.63) is 18.0 Å². The topological polar surface area (TPSA) is 75.5 Å². The van der Waals surface area contributed by atoms with Crippen LogP contribution >= 0.6 is 0 Å². The molecule has 0 aliphatic heterocycles. The predicted molar refractivity (Wildman–Crippen MR) is 67.9 cm³/mol. The highest BCUT2D eigenvalue weighted by Crippen LogP contribution is 2.09. The molecule has 1 heterocycles. The van der Waals surface area contributed by atoms with Crippen molar-refractivity contribution in [3.8, 4) is 0 Å². The molecule has 0 fully saturated rings. The van der Waals surface area contributed by atoms with Gasteiger partial charge in [0, 0.05) is 32.6 Å². The monoisotopic (exact) mass is 253 g/mol. The normalized spacial score (nSPS) is 10.7. The number of carboxylic acid groups (broad SMARTS) is 1. The maximum absolute atomic E-state index is 10.7. The van der Waals surface area contributed by atoms with E-state index in [-0.39, 0.29) is 5.56 Å². The lowest BCUT2D eigenvalue weighted by Gasteiger charge is -2.24. The van der Waals surface area contributed by atoms with E-state index >= 15 is 0 Å². The Morgan fingerprint density at radius 1 is 1.44 bits per heavy atom. The third kappa shape index (κ3) is 4.29. The number of hydrogen-bond acceptors (Lipinski definition) is 5. The van der Waals surface area contributed by atoms with Gasteiger partial charge in [-0.1, -0.05) is 13.8 Å². The number of hydrogen-bond donors (Lipinski definition) is 1. The van der Waals surface area contributed by atoms with Crippen molar-refractivity contribution in [2.24, 2.45) is 5.92 Å². The smallest absolute Gasteiger partial charge is 0.338 e. The highest BCUT2D eigenvalue weighted by molar-refractivity contribution is 5.86. The molecule has 0 bridgehead atoms. The summed E-state index contributed by atoms with van der Waals surface area (Å²) in [5.74, 6) is -0.0239. The molecular weight excluding hydrogens is 234 g/mol. The maximum atomic E-state index is 10.7. The van der Waals surface area contributed by atoms with Crippen molar-refractivity contribution in [1.82, 2.24) is 9.97 Å². The Kier molecular flexibility index (Phi) is 5.51. The lowest BCUT2D eigenvalue weighted by molar-refractivity contribution is 0.0696. The summed E-state index contributed by atoms with van der Waals surface area (Å²) in [6.07, 6.45) is 2.65. The van der Waals surface area contributed by atoms with Crippen molar-refractivity contribution in [2.45, 2.75) is 13.8 Å². The van der Waals surface area contributed by atoms with Crippen LogP contribution in [0.15, 0.2) is 12.4 Å². The number of carbonyl (C=O) groups is 1. The van der Waals surface area contributed by atoms with E-state index < -0.39 is 5.97 Å². The minimum absolute atomic E-state index is 0.0926. The number of anilines is 1. The Balaban J connectivity index is 2.80. The average molecular weight is 253 g/mol. The molecule has 0 atom stereocenters. The summed E-state index contributed by atoms with van der Waals surface area (Å²) >= 11 is 0. The zero-order chi connectivity index (χ0) is 13.5. The summed E-state index contributed by atoms with van der Waals surface area (Å²) in [5, 5.41) is 8.79. The van der Waals surface area contributed by atoms with E-state index in [1.54, 1.807) is 7.11 Å². The first-order valence-electron chi connectivity index (χ1n) is 5.83. The van der Waals surface area contributed by atoms with Crippen LogP contribution in [0.2, 0.25) is 0 Å². The second kappa shape index (κ2) is 6.90. The maximum Gasteiger partial charge on any atom is 0.338 e. The van der Waals surface area contributed by atoms with Crippen LogP contribution in [0.1, 0.15) is 24.2 Å². The van der Waals surface area contributed by atoms with Crippen LogP contribution in [-0.4, -0.2) is 47.8 Å². The molecule has 0 unspecified atom stereocenters. The fourth-order valence-corrected chi connectivity index (χ4v) is 1.51. The van der Waals surface area contributed by atoms with E-state index in [0.717, 1.165) is 6.54 Å². The van der Waals surface area contributed by atoms with Crippen molar-refractivity contribution in [1.29, 1.82) is 0 Å². The van der Waals surface area contributed by atoms with Gasteiger partial charge < -0.3 is 14.7 Å². The summed E-state index contributed by atoms with van der Waals surface area (Å²) in [6, 6.07) is 0. The van der Waals surface area contributed by atoms with Gasteiger partial charge in [-0.05, 0) is 5.92 Å². The summed E-state index contributed by atoms with van der Waals surface area (Å²) in [6.45, 7) is 6.27. The molecule has 6 nitrogen and oxygen atoms in total. The van der Waals surface area contributed by atoms with E-state index in [9.17, 15) is 4.79 Å². The number of carboxylic acids is 1. The Bertz CT molecular complexity index is 379. The molecule has 1 N–H and O–H groups in total. The van der Waals surface area contributed by atoms with Gasteiger partial charge >= 0.3 is 5.97 Å². The number of aromatic nitrogens is 2. The molecule has 0 aliphatic rings. The zero-order valence-corrected chi connectivity index (χ0v) is 11.0. The molecular formula is C12H19N3O3. The number of ether oxygens (including phenoxy) is 1. The van der Waals surface area contributed by atoms with Crippen LogP contribution in [0, 0.1) is 5.92 Å². The number of methoxy groups -OCH3 is 1. The quantitative estimate of drug-likeness (QED) is 0.789. The number of aromatic carboxylic acids is 1. The van der Waals surface area contributed by atoms with Gasteiger partial charge in [0.1, 0.15) is 0 Å². The minimum atomic E-state index is -1.02. The molecule has 1 aromatic heterocycles. The molecule has 1 aromatic rings. The molecule has 1 rings (SSSR count). The predicted octanol–water partition coefficient (Wildman–Crippen LogP) is 1.28. The first kappa shape index (κ1) is 14.4. The SMILES string of the molecule is COCCN(CC(C)C)c1ncc(C(=O)O)cn1. The molecule has 18 heavy (non-hydrogen) atoms. The van der Waals surface area contributed by atoms with Gasteiger partial charge in [-0.2, -0.15) is 0 Å². The van der Waals surface area contributed by atoms with Crippen LogP contribution in [0.3, 0.4) is 0 Å². The third-order valence-corrected chi connectivity index (χ3v) is 2.32. The fraction of sp³-hybridized carbons (Fsp3) is 0.583. The van der Waals surface area contributed by atoms with E-state index in [4.69, 9.17) is 9.84 Å². The Hall–Kier alpha value is -1.69. The second-order valence-corrected chi connectivity index (χ2v) is 4.41. The lowest BCUT2D eigenvalue weighted by Crippen LogP contribution is -2.32. The largest absolute Gasteiger partial charge is 0.478 e. The van der Waals surface area contributed by atoms with E-state index in [2.05, 4.69) is 23.8 Å². The molecule has 0 spiro atoms. The van der Waals surface area contributed by atoms with Crippen molar-refractivity contribution in [2.75, 3.05) is 31.7 Å². The molecule has 0 saturated heterocycles. The average Bonchev–Trinajstić information content (AvgIpc) is 2.34. The lowest BCUT2D eigenvalue weighted by atomic mass is 10.2. The number of rotatable bonds is 7. The van der Waals surface area contributed by atoms with Gasteiger partial charge in [-0.25, -0.2) is 14.8 Å². The summed E-state index contributed by atoms with van der Waals surface area (Å²) in [5.41, 5.74) is 0.0926. The fourth-order valence-electron chi connectivity index (χ4n) is 1.51. The van der Waals surface area contributed by atoms with Gasteiger partial charge in [0.2, 0.25) is 5.95 Å². The first-order chi connectivity index (χ1) is 8.54. The van der Waals surface area contributed by atoms with Crippen molar-refractivity contribution in [3.63, 3.8) is 0 Å². The highest BCUT2D eigenvalue weighted by Gasteiger charge is 2.12. The molecule has 0 radical (unpaired) electrons. The summed E-state index contributed by atoms with van der Waals surface area (Å²) in [7, 11) is 1.64. The summed E-state index contributed by atoms with van der Waals surface area (Å²) in [4.78, 5) is 20.9. The van der Waals surface area contributed by atoms with Crippen LogP contribution in [0.5, 0.6) is 0 Å². The van der Waals surface area contributed by atoms with Gasteiger partial charge in [0.25, 0.3) is 0 Å². The van der Waals surface area contributed by atoms with E-state index in [1.807, 2.05) is 4.90 Å². The highest BCUT2D eigenvalue weighted by atomic mass is 16.5. The molecule has 6 heteroatoms. The Labute approximate surface area is 107 Å². The Morgan fingerprint density at radius 2 is 2.06 bits per heavy atom. The van der Waals surface area contributed by atoms with Crippen LogP contribution in [0.25, 0.3) is 0 Å². The molecule has 0 amide bonds. The first-order valence-corrected chi connectivity index (χ1v) is 5.83. The summed E-state index contributed by atoms with van der Waals surface area (Å²) < 4.78 is 5.05. The van der Waals surface area contributed by atoms with Crippen LogP contribution < -0.4 is 4.90 Å².